The molecular formula is C23H16N2O. The van der Waals surface area contributed by atoms with Crippen molar-refractivity contribution in [2.45, 2.75) is 0 Å². The zero-order chi connectivity index (χ0) is 17.8. The molecule has 124 valence electrons. The Balaban J connectivity index is 1.77. The number of aldehydes is 1. The van der Waals surface area contributed by atoms with Crippen molar-refractivity contribution < 1.29 is 4.79 Å². The largest absolute Gasteiger partial charge is 0.298 e. The van der Waals surface area contributed by atoms with Gasteiger partial charge in [0.25, 0.3) is 0 Å². The monoisotopic (exact) mass is 336 g/mol. The van der Waals surface area contributed by atoms with Crippen LogP contribution in [-0.2, 0) is 0 Å². The normalized spacial score (nSPS) is 10.5. The molecule has 4 aromatic rings. The highest BCUT2D eigenvalue weighted by Crippen LogP contribution is 2.28. The van der Waals surface area contributed by atoms with Crippen molar-refractivity contribution in [2.24, 2.45) is 0 Å². The summed E-state index contributed by atoms with van der Waals surface area (Å²) in [6, 6.07) is 27.4. The molecule has 0 radical (unpaired) electrons. The van der Waals surface area contributed by atoms with Gasteiger partial charge in [-0.1, -0.05) is 54.6 Å². The first-order valence-corrected chi connectivity index (χ1v) is 8.38. The summed E-state index contributed by atoms with van der Waals surface area (Å²) in [7, 11) is 0. The molecule has 4 rings (SSSR count). The predicted molar refractivity (Wildman–Crippen MR) is 104 cm³/mol. The minimum atomic E-state index is 0.680. The third kappa shape index (κ3) is 3.15. The molecule has 2 aromatic carbocycles. The van der Waals surface area contributed by atoms with Gasteiger partial charge in [0.1, 0.15) is 0 Å². The molecule has 0 saturated heterocycles. The SMILES string of the molecule is O=Cc1ccccc1-c1cccc(-c2cccc(-c3ccccn3)n2)c1. The Bertz CT molecular complexity index is 1060. The fraction of sp³-hybridized carbons (Fsp3) is 0. The van der Waals surface area contributed by atoms with Crippen LogP contribution in [-0.4, -0.2) is 16.3 Å². The van der Waals surface area contributed by atoms with Crippen molar-refractivity contribution in [1.82, 2.24) is 9.97 Å². The van der Waals surface area contributed by atoms with E-state index in [1.807, 2.05) is 78.9 Å². The molecule has 0 atom stereocenters. The number of hydrogen-bond donors (Lipinski definition) is 0. The van der Waals surface area contributed by atoms with Crippen LogP contribution in [0, 0.1) is 0 Å². The van der Waals surface area contributed by atoms with Crippen LogP contribution in [0.3, 0.4) is 0 Å². The maximum absolute atomic E-state index is 11.3. The first-order chi connectivity index (χ1) is 12.8. The summed E-state index contributed by atoms with van der Waals surface area (Å²) < 4.78 is 0. The third-order valence-electron chi connectivity index (χ3n) is 4.23. The number of nitrogens with zero attached hydrogens (tertiary/aromatic N) is 2. The molecule has 2 aromatic heterocycles. The van der Waals surface area contributed by atoms with E-state index in [-0.39, 0.29) is 0 Å². The molecule has 0 aliphatic rings. The van der Waals surface area contributed by atoms with E-state index in [9.17, 15) is 4.79 Å². The Morgan fingerprint density at radius 1 is 0.654 bits per heavy atom. The highest BCUT2D eigenvalue weighted by Gasteiger charge is 2.08. The lowest BCUT2D eigenvalue weighted by Crippen LogP contribution is -1.91. The summed E-state index contributed by atoms with van der Waals surface area (Å²) in [5.74, 6) is 0. The van der Waals surface area contributed by atoms with Crippen LogP contribution in [0.4, 0.5) is 0 Å². The summed E-state index contributed by atoms with van der Waals surface area (Å²) in [5, 5.41) is 0. The minimum Gasteiger partial charge on any atom is -0.298 e. The molecule has 0 spiro atoms. The van der Waals surface area contributed by atoms with Crippen molar-refractivity contribution in [2.75, 3.05) is 0 Å². The van der Waals surface area contributed by atoms with E-state index in [0.29, 0.717) is 5.56 Å². The Hall–Kier alpha value is -3.59. The second-order valence-corrected chi connectivity index (χ2v) is 5.91. The van der Waals surface area contributed by atoms with Gasteiger partial charge in [0.15, 0.2) is 6.29 Å². The molecule has 26 heavy (non-hydrogen) atoms. The molecule has 0 saturated carbocycles. The zero-order valence-corrected chi connectivity index (χ0v) is 14.0. The molecule has 0 aliphatic heterocycles. The van der Waals surface area contributed by atoms with Gasteiger partial charge in [-0.05, 0) is 41.5 Å². The van der Waals surface area contributed by atoms with Gasteiger partial charge in [0, 0.05) is 17.3 Å². The number of benzene rings is 2. The van der Waals surface area contributed by atoms with E-state index in [1.54, 1.807) is 6.20 Å². The maximum Gasteiger partial charge on any atom is 0.150 e. The highest BCUT2D eigenvalue weighted by atomic mass is 16.1. The van der Waals surface area contributed by atoms with Crippen LogP contribution >= 0.6 is 0 Å². The maximum atomic E-state index is 11.3. The van der Waals surface area contributed by atoms with Gasteiger partial charge in [0.05, 0.1) is 17.1 Å². The van der Waals surface area contributed by atoms with Crippen molar-refractivity contribution in [3.8, 4) is 33.8 Å². The summed E-state index contributed by atoms with van der Waals surface area (Å²) in [4.78, 5) is 20.5. The van der Waals surface area contributed by atoms with Crippen LogP contribution < -0.4 is 0 Å². The highest BCUT2D eigenvalue weighted by molar-refractivity contribution is 5.88. The van der Waals surface area contributed by atoms with Crippen molar-refractivity contribution in [1.29, 1.82) is 0 Å². The molecule has 0 bridgehead atoms. The lowest BCUT2D eigenvalue weighted by Gasteiger charge is -2.08. The lowest BCUT2D eigenvalue weighted by atomic mass is 9.98. The molecule has 2 heterocycles. The summed E-state index contributed by atoms with van der Waals surface area (Å²) in [5.41, 5.74) is 6.15. The molecule has 3 heteroatoms. The molecule has 0 unspecified atom stereocenters. The van der Waals surface area contributed by atoms with E-state index < -0.39 is 0 Å². The van der Waals surface area contributed by atoms with Crippen LogP contribution in [0.15, 0.2) is 91.1 Å². The van der Waals surface area contributed by atoms with Crippen molar-refractivity contribution >= 4 is 6.29 Å². The number of hydrogen-bond acceptors (Lipinski definition) is 3. The van der Waals surface area contributed by atoms with Crippen molar-refractivity contribution in [3.63, 3.8) is 0 Å². The summed E-state index contributed by atoms with van der Waals surface area (Å²) in [6.45, 7) is 0. The number of aromatic nitrogens is 2. The number of rotatable bonds is 4. The molecule has 0 aliphatic carbocycles. The lowest BCUT2D eigenvalue weighted by molar-refractivity contribution is 0.112. The quantitative estimate of drug-likeness (QED) is 0.476. The zero-order valence-electron chi connectivity index (χ0n) is 14.0. The molecule has 3 nitrogen and oxygen atoms in total. The number of carbonyl (C=O) groups excluding carboxylic acids is 1. The fourth-order valence-corrected chi connectivity index (χ4v) is 2.96. The average Bonchev–Trinajstić information content (AvgIpc) is 2.74. The van der Waals surface area contributed by atoms with Crippen LogP contribution in [0.25, 0.3) is 33.8 Å². The van der Waals surface area contributed by atoms with Gasteiger partial charge in [-0.3, -0.25) is 9.78 Å². The second kappa shape index (κ2) is 7.11. The van der Waals surface area contributed by atoms with E-state index in [0.717, 1.165) is 40.1 Å². The summed E-state index contributed by atoms with van der Waals surface area (Å²) in [6.07, 6.45) is 2.66. The Morgan fingerprint density at radius 3 is 2.23 bits per heavy atom. The Labute approximate surface area is 152 Å². The Morgan fingerprint density at radius 2 is 1.38 bits per heavy atom. The van der Waals surface area contributed by atoms with Gasteiger partial charge in [-0.2, -0.15) is 0 Å². The van der Waals surface area contributed by atoms with E-state index in [4.69, 9.17) is 4.98 Å². The van der Waals surface area contributed by atoms with Crippen LogP contribution in [0.1, 0.15) is 10.4 Å². The topological polar surface area (TPSA) is 42.9 Å². The standard InChI is InChI=1S/C23H16N2O/c26-16-19-7-1-2-10-20(19)17-8-5-9-18(15-17)21-12-6-13-23(25-21)22-11-3-4-14-24-22/h1-16H. The van der Waals surface area contributed by atoms with E-state index in [1.165, 1.54) is 0 Å². The summed E-state index contributed by atoms with van der Waals surface area (Å²) >= 11 is 0. The smallest absolute Gasteiger partial charge is 0.150 e. The molecular weight excluding hydrogens is 320 g/mol. The van der Waals surface area contributed by atoms with Crippen LogP contribution in [0.2, 0.25) is 0 Å². The van der Waals surface area contributed by atoms with Gasteiger partial charge in [-0.25, -0.2) is 4.98 Å². The van der Waals surface area contributed by atoms with E-state index in [2.05, 4.69) is 11.1 Å². The average molecular weight is 336 g/mol. The fourth-order valence-electron chi connectivity index (χ4n) is 2.96. The van der Waals surface area contributed by atoms with E-state index >= 15 is 0 Å². The van der Waals surface area contributed by atoms with Gasteiger partial charge in [0.2, 0.25) is 0 Å². The van der Waals surface area contributed by atoms with Crippen LogP contribution in [0.5, 0.6) is 0 Å². The van der Waals surface area contributed by atoms with Crippen molar-refractivity contribution in [3.05, 3.63) is 96.7 Å². The predicted octanol–water partition coefficient (Wildman–Crippen LogP) is 5.29. The Kier molecular flexibility index (Phi) is 4.35. The van der Waals surface area contributed by atoms with Gasteiger partial charge in [-0.15, -0.1) is 0 Å². The first-order valence-electron chi connectivity index (χ1n) is 8.38. The molecule has 0 fully saturated rings. The number of carbonyl (C=O) groups is 1. The third-order valence-corrected chi connectivity index (χ3v) is 4.23. The molecule has 0 amide bonds. The second-order valence-electron chi connectivity index (χ2n) is 5.91. The van der Waals surface area contributed by atoms with Gasteiger partial charge < -0.3 is 0 Å². The molecule has 0 N–H and O–H groups in total. The first kappa shape index (κ1) is 15.9. The number of pyridine rings is 2. The van der Waals surface area contributed by atoms with Gasteiger partial charge >= 0.3 is 0 Å². The minimum absolute atomic E-state index is 0.680.